The van der Waals surface area contributed by atoms with Gasteiger partial charge in [-0.1, -0.05) is 46.8 Å². The number of nitrogens with one attached hydrogen (secondary N) is 1. The van der Waals surface area contributed by atoms with E-state index in [-0.39, 0.29) is 5.41 Å². The first-order chi connectivity index (χ1) is 8.71. The molecule has 1 aromatic carbocycles. The van der Waals surface area contributed by atoms with Gasteiger partial charge >= 0.3 is 0 Å². The molecule has 19 heavy (non-hydrogen) atoms. The highest BCUT2D eigenvalue weighted by molar-refractivity contribution is 5.55. The van der Waals surface area contributed by atoms with E-state index in [0.717, 1.165) is 13.1 Å². The van der Waals surface area contributed by atoms with Gasteiger partial charge in [-0.25, -0.2) is 0 Å². The average molecular weight is 262 g/mol. The van der Waals surface area contributed by atoms with Crippen LogP contribution in [-0.2, 0) is 5.41 Å². The maximum Gasteiger partial charge on any atom is 0.0396 e. The first-order valence-corrected chi connectivity index (χ1v) is 7.27. The summed E-state index contributed by atoms with van der Waals surface area (Å²) in [7, 11) is 2.18. The Bertz CT molecular complexity index is 402. The monoisotopic (exact) mass is 262 g/mol. The van der Waals surface area contributed by atoms with Crippen molar-refractivity contribution in [1.82, 2.24) is 5.32 Å². The lowest BCUT2D eigenvalue weighted by atomic mass is 9.86. The molecule has 2 heteroatoms. The lowest BCUT2D eigenvalue weighted by Crippen LogP contribution is -2.33. The Balaban J connectivity index is 2.81. The second-order valence-electron chi connectivity index (χ2n) is 6.78. The third kappa shape index (κ3) is 4.87. The van der Waals surface area contributed by atoms with Crippen molar-refractivity contribution in [3.05, 3.63) is 29.3 Å². The predicted molar refractivity (Wildman–Crippen MR) is 86.3 cm³/mol. The third-order valence-electron chi connectivity index (χ3n) is 3.49. The largest absolute Gasteiger partial charge is 0.373 e. The van der Waals surface area contributed by atoms with Gasteiger partial charge in [0.05, 0.1) is 0 Å². The Morgan fingerprint density at radius 2 is 1.84 bits per heavy atom. The van der Waals surface area contributed by atoms with Crippen LogP contribution in [0.4, 0.5) is 5.69 Å². The number of likely N-dealkylation sites (N-methyl/N-ethyl adjacent to an activating group) is 1. The highest BCUT2D eigenvalue weighted by Gasteiger charge is 2.15. The molecule has 1 rings (SSSR count). The third-order valence-corrected chi connectivity index (χ3v) is 3.49. The second-order valence-corrected chi connectivity index (χ2v) is 6.78. The maximum atomic E-state index is 3.47. The molecule has 0 heterocycles. The Morgan fingerprint density at radius 3 is 2.37 bits per heavy atom. The van der Waals surface area contributed by atoms with Crippen LogP contribution in [0, 0.1) is 6.92 Å². The summed E-state index contributed by atoms with van der Waals surface area (Å²) in [5.41, 5.74) is 4.30. The van der Waals surface area contributed by atoms with Crippen molar-refractivity contribution >= 4 is 5.69 Å². The fourth-order valence-electron chi connectivity index (χ4n) is 2.13. The van der Waals surface area contributed by atoms with Gasteiger partial charge in [0, 0.05) is 31.9 Å². The summed E-state index contributed by atoms with van der Waals surface area (Å²) in [5, 5.41) is 3.47. The van der Waals surface area contributed by atoms with Crippen molar-refractivity contribution in [1.29, 1.82) is 0 Å². The van der Waals surface area contributed by atoms with E-state index in [1.54, 1.807) is 0 Å². The molecule has 0 aliphatic rings. The highest BCUT2D eigenvalue weighted by Crippen LogP contribution is 2.28. The Morgan fingerprint density at radius 1 is 1.21 bits per heavy atom. The zero-order chi connectivity index (χ0) is 14.6. The van der Waals surface area contributed by atoms with Crippen molar-refractivity contribution < 1.29 is 0 Å². The molecule has 0 radical (unpaired) electrons. The number of hydrogen-bond acceptors (Lipinski definition) is 2. The van der Waals surface area contributed by atoms with Crippen LogP contribution in [0.25, 0.3) is 0 Å². The number of nitrogens with zero attached hydrogens (tertiary/aromatic N) is 1. The van der Waals surface area contributed by atoms with E-state index in [1.807, 2.05) is 0 Å². The highest BCUT2D eigenvalue weighted by atomic mass is 15.1. The topological polar surface area (TPSA) is 15.3 Å². The predicted octanol–water partition coefficient (Wildman–Crippen LogP) is 3.73. The summed E-state index contributed by atoms with van der Waals surface area (Å²) in [6, 6.07) is 7.38. The van der Waals surface area contributed by atoms with Crippen molar-refractivity contribution in [3.8, 4) is 0 Å². The van der Waals surface area contributed by atoms with Crippen LogP contribution in [-0.4, -0.2) is 26.2 Å². The summed E-state index contributed by atoms with van der Waals surface area (Å²) >= 11 is 0. The van der Waals surface area contributed by atoms with Crippen molar-refractivity contribution in [2.75, 3.05) is 25.0 Å². The molecule has 0 bridgehead atoms. The summed E-state index contributed by atoms with van der Waals surface area (Å²) in [4.78, 5) is 2.35. The van der Waals surface area contributed by atoms with E-state index in [2.05, 4.69) is 77.0 Å². The quantitative estimate of drug-likeness (QED) is 0.870. The van der Waals surface area contributed by atoms with Crippen LogP contribution < -0.4 is 10.2 Å². The van der Waals surface area contributed by atoms with Gasteiger partial charge in [-0.3, -0.25) is 0 Å². The normalized spacial score (nSPS) is 12.0. The van der Waals surface area contributed by atoms with Gasteiger partial charge in [-0.15, -0.1) is 0 Å². The molecule has 0 fully saturated rings. The van der Waals surface area contributed by atoms with Gasteiger partial charge in [0.2, 0.25) is 0 Å². The molecule has 0 aromatic heterocycles. The van der Waals surface area contributed by atoms with Gasteiger partial charge in [-0.2, -0.15) is 0 Å². The SMILES string of the molecule is Cc1ccc(C(C)(C)C)cc1N(C)CCNC(C)C. The summed E-state index contributed by atoms with van der Waals surface area (Å²) in [6.07, 6.45) is 0. The van der Waals surface area contributed by atoms with Crippen LogP contribution in [0.3, 0.4) is 0 Å². The zero-order valence-electron chi connectivity index (χ0n) is 13.7. The van der Waals surface area contributed by atoms with Crippen LogP contribution in [0.5, 0.6) is 0 Å². The average Bonchev–Trinajstić information content (AvgIpc) is 2.27. The van der Waals surface area contributed by atoms with Crippen LogP contribution in [0.1, 0.15) is 45.7 Å². The molecule has 2 nitrogen and oxygen atoms in total. The van der Waals surface area contributed by atoms with Gasteiger partial charge < -0.3 is 10.2 Å². The molecular weight excluding hydrogens is 232 g/mol. The second kappa shape index (κ2) is 6.42. The number of hydrogen-bond donors (Lipinski definition) is 1. The van der Waals surface area contributed by atoms with Crippen LogP contribution in [0.2, 0.25) is 0 Å². The molecule has 1 N–H and O–H groups in total. The van der Waals surface area contributed by atoms with E-state index in [1.165, 1.54) is 16.8 Å². The molecule has 0 saturated heterocycles. The molecule has 0 unspecified atom stereocenters. The molecule has 108 valence electrons. The molecule has 0 amide bonds. The molecule has 1 aromatic rings. The minimum atomic E-state index is 0.208. The Labute approximate surface area is 119 Å². The minimum Gasteiger partial charge on any atom is -0.373 e. The zero-order valence-corrected chi connectivity index (χ0v) is 13.7. The smallest absolute Gasteiger partial charge is 0.0396 e. The number of aryl methyl sites for hydroxylation is 1. The van der Waals surface area contributed by atoms with Crippen molar-refractivity contribution in [2.24, 2.45) is 0 Å². The van der Waals surface area contributed by atoms with Gasteiger partial charge in [0.15, 0.2) is 0 Å². The van der Waals surface area contributed by atoms with Crippen molar-refractivity contribution in [3.63, 3.8) is 0 Å². The van der Waals surface area contributed by atoms with E-state index >= 15 is 0 Å². The summed E-state index contributed by atoms with van der Waals surface area (Å²) < 4.78 is 0. The number of benzene rings is 1. The fourth-order valence-corrected chi connectivity index (χ4v) is 2.13. The van der Waals surface area contributed by atoms with Gasteiger partial charge in [-0.05, 0) is 29.5 Å². The van der Waals surface area contributed by atoms with Crippen LogP contribution in [0.15, 0.2) is 18.2 Å². The summed E-state index contributed by atoms with van der Waals surface area (Å²) in [6.45, 7) is 15.4. The Hall–Kier alpha value is -1.02. The first kappa shape index (κ1) is 16.0. The standard InChI is InChI=1S/C17H30N2/c1-13(2)18-10-11-19(7)16-12-15(17(4,5)6)9-8-14(16)3/h8-9,12-13,18H,10-11H2,1-7H3. The molecular formula is C17H30N2. The lowest BCUT2D eigenvalue weighted by molar-refractivity contribution is 0.585. The summed E-state index contributed by atoms with van der Waals surface area (Å²) in [5.74, 6) is 0. The molecule has 0 spiro atoms. The van der Waals surface area contributed by atoms with E-state index in [0.29, 0.717) is 6.04 Å². The molecule has 0 atom stereocenters. The number of rotatable bonds is 5. The number of anilines is 1. The maximum absolute atomic E-state index is 3.47. The molecule has 0 aliphatic heterocycles. The fraction of sp³-hybridized carbons (Fsp3) is 0.647. The van der Waals surface area contributed by atoms with Gasteiger partial charge in [0.25, 0.3) is 0 Å². The molecule has 0 aliphatic carbocycles. The first-order valence-electron chi connectivity index (χ1n) is 7.27. The Kier molecular flexibility index (Phi) is 5.42. The van der Waals surface area contributed by atoms with E-state index < -0.39 is 0 Å². The van der Waals surface area contributed by atoms with E-state index in [4.69, 9.17) is 0 Å². The molecule has 0 saturated carbocycles. The van der Waals surface area contributed by atoms with Crippen molar-refractivity contribution in [2.45, 2.75) is 53.0 Å². The van der Waals surface area contributed by atoms with Crippen LogP contribution >= 0.6 is 0 Å². The lowest BCUT2D eigenvalue weighted by Gasteiger charge is -2.26. The minimum absolute atomic E-state index is 0.208. The van der Waals surface area contributed by atoms with E-state index in [9.17, 15) is 0 Å². The van der Waals surface area contributed by atoms with Gasteiger partial charge in [0.1, 0.15) is 0 Å².